The minimum Gasteiger partial charge on any atom is -0.378 e. The van der Waals surface area contributed by atoms with Crippen LogP contribution in [-0.4, -0.2) is 24.8 Å². The Hall–Kier alpha value is -0.0800. The molecule has 2 heteroatoms. The van der Waals surface area contributed by atoms with Crippen LogP contribution >= 0.6 is 0 Å². The van der Waals surface area contributed by atoms with Crippen molar-refractivity contribution in [3.05, 3.63) is 0 Å². The summed E-state index contributed by atoms with van der Waals surface area (Å²) in [6.07, 6.45) is 11.0. The second kappa shape index (κ2) is 7.26. The molecule has 2 fully saturated rings. The van der Waals surface area contributed by atoms with E-state index in [2.05, 4.69) is 33.0 Å². The second-order valence-corrected chi connectivity index (χ2v) is 8.03. The lowest BCUT2D eigenvalue weighted by Gasteiger charge is -2.43. The van der Waals surface area contributed by atoms with Gasteiger partial charge in [-0.05, 0) is 43.4 Å². The molecule has 2 nitrogen and oxygen atoms in total. The van der Waals surface area contributed by atoms with Gasteiger partial charge >= 0.3 is 0 Å². The first-order chi connectivity index (χ1) is 9.50. The average Bonchev–Trinajstić information content (AvgIpc) is 2.39. The Balaban J connectivity index is 1.89. The van der Waals surface area contributed by atoms with Gasteiger partial charge in [-0.1, -0.05) is 47.0 Å². The van der Waals surface area contributed by atoms with Gasteiger partial charge in [0.15, 0.2) is 0 Å². The maximum Gasteiger partial charge on any atom is 0.0589 e. The first-order valence-corrected chi connectivity index (χ1v) is 8.88. The van der Waals surface area contributed by atoms with Crippen LogP contribution in [0.1, 0.15) is 79.1 Å². The van der Waals surface area contributed by atoms with Gasteiger partial charge in [-0.15, -0.1) is 0 Å². The molecule has 4 atom stereocenters. The smallest absolute Gasteiger partial charge is 0.0589 e. The molecule has 1 heterocycles. The normalized spacial score (nSPS) is 36.0. The predicted octanol–water partition coefficient (Wildman–Crippen LogP) is 4.53. The maximum atomic E-state index is 5.89. The van der Waals surface area contributed by atoms with Crippen molar-refractivity contribution >= 4 is 0 Å². The largest absolute Gasteiger partial charge is 0.378 e. The van der Waals surface area contributed by atoms with Gasteiger partial charge in [-0.3, -0.25) is 0 Å². The summed E-state index contributed by atoms with van der Waals surface area (Å²) in [7, 11) is 0. The minimum atomic E-state index is 0.437. The van der Waals surface area contributed by atoms with Gasteiger partial charge in [0, 0.05) is 18.7 Å². The Labute approximate surface area is 126 Å². The molecule has 0 aromatic carbocycles. The van der Waals surface area contributed by atoms with E-state index in [1.165, 1.54) is 51.4 Å². The van der Waals surface area contributed by atoms with Crippen LogP contribution in [0.25, 0.3) is 0 Å². The van der Waals surface area contributed by atoms with Gasteiger partial charge < -0.3 is 10.1 Å². The third-order valence-electron chi connectivity index (χ3n) is 5.31. The minimum absolute atomic E-state index is 0.437. The van der Waals surface area contributed by atoms with Crippen molar-refractivity contribution in [3.63, 3.8) is 0 Å². The molecule has 0 aromatic heterocycles. The maximum absolute atomic E-state index is 5.89. The highest BCUT2D eigenvalue weighted by atomic mass is 16.5. The summed E-state index contributed by atoms with van der Waals surface area (Å²) in [5, 5.41) is 4.02. The van der Waals surface area contributed by atoms with Crippen LogP contribution in [-0.2, 0) is 4.74 Å². The first kappa shape index (κ1) is 16.3. The number of nitrogens with one attached hydrogen (secondary N) is 1. The number of hydrogen-bond acceptors (Lipinski definition) is 2. The van der Waals surface area contributed by atoms with Crippen molar-refractivity contribution < 1.29 is 4.74 Å². The molecule has 1 aliphatic carbocycles. The first-order valence-electron chi connectivity index (χ1n) is 8.88. The fourth-order valence-corrected chi connectivity index (χ4v) is 4.22. The topological polar surface area (TPSA) is 21.3 Å². The van der Waals surface area contributed by atoms with Crippen molar-refractivity contribution in [2.75, 3.05) is 6.61 Å². The van der Waals surface area contributed by atoms with E-state index < -0.39 is 0 Å². The third kappa shape index (κ3) is 4.46. The molecule has 0 spiro atoms. The van der Waals surface area contributed by atoms with Crippen molar-refractivity contribution in [3.8, 4) is 0 Å². The number of ether oxygens (including phenoxy) is 1. The fraction of sp³-hybridized carbons (Fsp3) is 1.00. The van der Waals surface area contributed by atoms with E-state index >= 15 is 0 Å². The molecule has 1 N–H and O–H groups in total. The van der Waals surface area contributed by atoms with Gasteiger partial charge in [0.05, 0.1) is 6.10 Å². The highest BCUT2D eigenvalue weighted by Gasteiger charge is 2.35. The van der Waals surface area contributed by atoms with Crippen LogP contribution in [0.3, 0.4) is 0 Å². The van der Waals surface area contributed by atoms with Gasteiger partial charge in [-0.2, -0.15) is 0 Å². The number of rotatable bonds is 4. The summed E-state index contributed by atoms with van der Waals surface area (Å²) in [4.78, 5) is 0. The molecule has 118 valence electrons. The summed E-state index contributed by atoms with van der Waals surface area (Å²) < 4.78 is 5.89. The van der Waals surface area contributed by atoms with Gasteiger partial charge in [0.1, 0.15) is 0 Å². The Kier molecular flexibility index (Phi) is 5.92. The van der Waals surface area contributed by atoms with Crippen LogP contribution in [0.2, 0.25) is 0 Å². The Morgan fingerprint density at radius 2 is 1.85 bits per heavy atom. The molecule has 1 saturated carbocycles. The highest BCUT2D eigenvalue weighted by molar-refractivity contribution is 4.91. The van der Waals surface area contributed by atoms with Crippen molar-refractivity contribution in [1.29, 1.82) is 0 Å². The molecule has 0 radical (unpaired) electrons. The van der Waals surface area contributed by atoms with Crippen molar-refractivity contribution in [2.24, 2.45) is 11.3 Å². The molecule has 20 heavy (non-hydrogen) atoms. The highest BCUT2D eigenvalue weighted by Crippen LogP contribution is 2.38. The standard InChI is InChI=1S/C18H35NO/c1-5-8-15-13-14(11-12-20-15)19-17-10-7-6-9-16(17)18(2,3)4/h14-17,19H,5-13H2,1-4H3. The van der Waals surface area contributed by atoms with Crippen LogP contribution < -0.4 is 5.32 Å². The van der Waals surface area contributed by atoms with Gasteiger partial charge in [0.25, 0.3) is 0 Å². The summed E-state index contributed by atoms with van der Waals surface area (Å²) >= 11 is 0. The van der Waals surface area contributed by atoms with Gasteiger partial charge in [0.2, 0.25) is 0 Å². The van der Waals surface area contributed by atoms with E-state index in [1.54, 1.807) is 0 Å². The summed E-state index contributed by atoms with van der Waals surface area (Å²) in [5.41, 5.74) is 0.437. The zero-order valence-electron chi connectivity index (χ0n) is 14.1. The molecule has 0 aromatic rings. The molecular formula is C18H35NO. The lowest BCUT2D eigenvalue weighted by Crippen LogP contribution is -2.50. The van der Waals surface area contributed by atoms with Crippen LogP contribution in [0.15, 0.2) is 0 Å². The molecule has 0 amide bonds. The summed E-state index contributed by atoms with van der Waals surface area (Å²) in [6.45, 7) is 10.5. The van der Waals surface area contributed by atoms with Crippen molar-refractivity contribution in [1.82, 2.24) is 5.32 Å². The van der Waals surface area contributed by atoms with Crippen LogP contribution in [0, 0.1) is 11.3 Å². The van der Waals surface area contributed by atoms with E-state index in [9.17, 15) is 0 Å². The van der Waals surface area contributed by atoms with E-state index in [0.29, 0.717) is 17.6 Å². The molecular weight excluding hydrogens is 246 g/mol. The molecule has 0 bridgehead atoms. The predicted molar refractivity (Wildman–Crippen MR) is 86.0 cm³/mol. The second-order valence-electron chi connectivity index (χ2n) is 8.03. The zero-order chi connectivity index (χ0) is 14.6. The third-order valence-corrected chi connectivity index (χ3v) is 5.31. The average molecular weight is 281 g/mol. The quantitative estimate of drug-likeness (QED) is 0.817. The van der Waals surface area contributed by atoms with E-state index in [4.69, 9.17) is 4.74 Å². The lowest BCUT2D eigenvalue weighted by atomic mass is 9.69. The number of hydrogen-bond donors (Lipinski definition) is 1. The van der Waals surface area contributed by atoms with Crippen molar-refractivity contribution in [2.45, 2.75) is 97.2 Å². The SMILES string of the molecule is CCCC1CC(NC2CCCCC2C(C)(C)C)CCO1. The fourth-order valence-electron chi connectivity index (χ4n) is 4.22. The molecule has 2 rings (SSSR count). The van der Waals surface area contributed by atoms with Gasteiger partial charge in [-0.25, -0.2) is 0 Å². The molecule has 4 unspecified atom stereocenters. The van der Waals surface area contributed by atoms with E-state index in [0.717, 1.165) is 18.6 Å². The van der Waals surface area contributed by atoms with Crippen LogP contribution in [0.4, 0.5) is 0 Å². The monoisotopic (exact) mass is 281 g/mol. The Morgan fingerprint density at radius 1 is 1.10 bits per heavy atom. The van der Waals surface area contributed by atoms with E-state index in [1.807, 2.05) is 0 Å². The zero-order valence-corrected chi connectivity index (χ0v) is 14.1. The van der Waals surface area contributed by atoms with Crippen LogP contribution in [0.5, 0.6) is 0 Å². The van der Waals surface area contributed by atoms with E-state index in [-0.39, 0.29) is 0 Å². The Morgan fingerprint density at radius 3 is 2.55 bits per heavy atom. The summed E-state index contributed by atoms with van der Waals surface area (Å²) in [6, 6.07) is 1.42. The molecule has 2 aliphatic rings. The molecule has 1 saturated heterocycles. The Bertz CT molecular complexity index is 282. The lowest BCUT2D eigenvalue weighted by molar-refractivity contribution is -0.0100. The molecule has 1 aliphatic heterocycles. The summed E-state index contributed by atoms with van der Waals surface area (Å²) in [5.74, 6) is 0.837.